The van der Waals surface area contributed by atoms with Crippen molar-refractivity contribution < 1.29 is 9.15 Å². The minimum Gasteiger partial charge on any atom is -0.463 e. The quantitative estimate of drug-likeness (QED) is 0.280. The van der Waals surface area contributed by atoms with Gasteiger partial charge in [-0.15, -0.1) is 0 Å². The van der Waals surface area contributed by atoms with Crippen LogP contribution in [0.15, 0.2) is 16.5 Å². The van der Waals surface area contributed by atoms with Crippen LogP contribution < -0.4 is 32.1 Å². The molecular weight excluding hydrogens is 508 g/mol. The Morgan fingerprint density at radius 2 is 1.82 bits per heavy atom. The fourth-order valence-electron chi connectivity index (χ4n) is 7.79. The zero-order chi connectivity index (χ0) is 27.2. The largest absolute Gasteiger partial charge is 0.463 e. The van der Waals surface area contributed by atoms with Gasteiger partial charge < -0.3 is 24.7 Å². The maximum atomic E-state index is 6.56. The third kappa shape index (κ3) is 5.61. The van der Waals surface area contributed by atoms with Crippen molar-refractivity contribution in [2.24, 2.45) is 11.8 Å². The van der Waals surface area contributed by atoms with Crippen LogP contribution in [0.25, 0.3) is 0 Å². The number of furan rings is 1. The van der Waals surface area contributed by atoms with Crippen LogP contribution in [-0.2, 0) is 11.3 Å². The highest BCUT2D eigenvalue weighted by atomic mass is 16.5. The summed E-state index contributed by atoms with van der Waals surface area (Å²) < 4.78 is 13.1. The number of fused-ring (bicyclic) bond motifs is 5. The number of ether oxygens (including phenoxy) is 1. The number of likely N-dealkylation sites (N-methyl/N-ethyl adjacent to an activating group) is 1. The van der Waals surface area contributed by atoms with Crippen LogP contribution in [0.1, 0.15) is 43.7 Å². The van der Waals surface area contributed by atoms with Gasteiger partial charge in [-0.1, -0.05) is 0 Å². The van der Waals surface area contributed by atoms with Crippen LogP contribution in [0.2, 0.25) is 0 Å². The summed E-state index contributed by atoms with van der Waals surface area (Å²) in [6, 6.07) is 5.37. The molecule has 7 heterocycles. The third-order valence-electron chi connectivity index (χ3n) is 10.2. The van der Waals surface area contributed by atoms with E-state index in [0.717, 1.165) is 89.7 Å². The summed E-state index contributed by atoms with van der Waals surface area (Å²) in [5.74, 6) is 2.94. The molecule has 0 aliphatic carbocycles. The van der Waals surface area contributed by atoms with Crippen LogP contribution in [0.3, 0.4) is 0 Å². The van der Waals surface area contributed by atoms with Crippen molar-refractivity contribution in [1.82, 2.24) is 51.9 Å². The Morgan fingerprint density at radius 1 is 0.950 bits per heavy atom. The summed E-state index contributed by atoms with van der Waals surface area (Å²) in [6.07, 6.45) is 3.91. The average molecular weight is 559 g/mol. The first kappa shape index (κ1) is 27.7. The molecule has 9 atom stereocenters. The number of hydrazine groups is 2. The fourth-order valence-corrected chi connectivity index (χ4v) is 7.79. The summed E-state index contributed by atoms with van der Waals surface area (Å²) in [5, 5.41) is 20.1. The summed E-state index contributed by atoms with van der Waals surface area (Å²) in [5.41, 5.74) is 7.44. The second kappa shape index (κ2) is 11.8. The molecule has 40 heavy (non-hydrogen) atoms. The maximum absolute atomic E-state index is 6.56. The van der Waals surface area contributed by atoms with Crippen molar-refractivity contribution in [2.75, 3.05) is 66.5 Å². The molecule has 6 aliphatic rings. The highest BCUT2D eigenvalue weighted by molar-refractivity contribution is 5.16. The molecule has 0 spiro atoms. The predicted octanol–water partition coefficient (Wildman–Crippen LogP) is -0.782. The number of hydrogen-bond donors (Lipinski definition) is 6. The Kier molecular flexibility index (Phi) is 8.19. The molecule has 7 rings (SSSR count). The van der Waals surface area contributed by atoms with E-state index in [1.54, 1.807) is 0 Å². The van der Waals surface area contributed by atoms with Gasteiger partial charge in [0.1, 0.15) is 17.7 Å². The second-order valence-corrected chi connectivity index (χ2v) is 13.0. The predicted molar refractivity (Wildman–Crippen MR) is 152 cm³/mol. The summed E-state index contributed by atoms with van der Waals surface area (Å²) in [4.78, 5) is 4.91. The van der Waals surface area contributed by atoms with E-state index < -0.39 is 0 Å². The van der Waals surface area contributed by atoms with E-state index in [-0.39, 0.29) is 30.8 Å². The topological polar surface area (TPSA) is 108 Å². The lowest BCUT2D eigenvalue weighted by atomic mass is 9.86. The first-order valence-electron chi connectivity index (χ1n) is 15.6. The van der Waals surface area contributed by atoms with Crippen LogP contribution in [0.5, 0.6) is 0 Å². The van der Waals surface area contributed by atoms with Gasteiger partial charge in [0.2, 0.25) is 0 Å². The molecule has 6 aliphatic heterocycles. The van der Waals surface area contributed by atoms with E-state index in [0.29, 0.717) is 23.9 Å². The number of hydrogen-bond acceptors (Lipinski definition) is 12. The molecule has 6 saturated heterocycles. The summed E-state index contributed by atoms with van der Waals surface area (Å²) >= 11 is 0. The SMILES string of the molecule is CC1CCOC2C(CNN2C)C2NCCC(NC3CC4C(CN3)C(c3ccc(CN5CCN(C)CC5)o3)NN14)N2. The Bertz CT molecular complexity index is 988. The average Bonchev–Trinajstić information content (AvgIpc) is 3.67. The Morgan fingerprint density at radius 3 is 2.70 bits per heavy atom. The smallest absolute Gasteiger partial charge is 0.129 e. The first-order valence-corrected chi connectivity index (χ1v) is 15.6. The summed E-state index contributed by atoms with van der Waals surface area (Å²) in [6.45, 7) is 11.3. The molecular formula is C28H50N10O2. The van der Waals surface area contributed by atoms with Gasteiger partial charge in [-0.05, 0) is 51.9 Å². The number of nitrogens with one attached hydrogen (secondary N) is 6. The molecule has 0 aromatic carbocycles. The molecule has 1 aromatic heterocycles. The molecule has 9 unspecified atom stereocenters. The zero-order valence-electron chi connectivity index (χ0n) is 24.4. The van der Waals surface area contributed by atoms with E-state index in [9.17, 15) is 0 Å². The minimum atomic E-state index is 0.0467. The van der Waals surface area contributed by atoms with Crippen molar-refractivity contribution >= 4 is 0 Å². The molecule has 0 amide bonds. The van der Waals surface area contributed by atoms with Gasteiger partial charge in [-0.2, -0.15) is 0 Å². The third-order valence-corrected chi connectivity index (χ3v) is 10.2. The van der Waals surface area contributed by atoms with Gasteiger partial charge in [0.15, 0.2) is 0 Å². The lowest BCUT2D eigenvalue weighted by molar-refractivity contribution is -0.0791. The number of nitrogens with zero attached hydrogens (tertiary/aromatic N) is 4. The minimum absolute atomic E-state index is 0.0467. The normalized spacial score (nSPS) is 42.5. The first-order chi connectivity index (χ1) is 19.5. The zero-order valence-corrected chi connectivity index (χ0v) is 24.4. The number of piperidine rings is 1. The standard InChI is InChI=1S/C28H50N10O2/c1-18-7-13-39-28-21(16-31-36(28)3)27-29-8-6-24(33-27)32-25-14-22-20(15-30-25)26(34-38(18)22)23-5-4-19(40-23)17-37-11-9-35(2)10-12-37/h4-5,18,20-22,24-34H,6-17H2,1-3H3. The van der Waals surface area contributed by atoms with Gasteiger partial charge in [0.25, 0.3) is 0 Å². The van der Waals surface area contributed by atoms with Crippen LogP contribution >= 0.6 is 0 Å². The van der Waals surface area contributed by atoms with Gasteiger partial charge >= 0.3 is 0 Å². The Balaban J connectivity index is 1.08. The van der Waals surface area contributed by atoms with E-state index in [1.807, 2.05) is 0 Å². The Labute approximate surface area is 238 Å². The van der Waals surface area contributed by atoms with Gasteiger partial charge in [0.05, 0.1) is 37.7 Å². The van der Waals surface area contributed by atoms with Gasteiger partial charge in [-0.25, -0.2) is 15.4 Å². The van der Waals surface area contributed by atoms with Crippen LogP contribution in [0.4, 0.5) is 0 Å². The maximum Gasteiger partial charge on any atom is 0.129 e. The molecule has 0 saturated carbocycles. The van der Waals surface area contributed by atoms with E-state index in [2.05, 4.69) is 85.1 Å². The van der Waals surface area contributed by atoms with E-state index in [4.69, 9.17) is 9.15 Å². The number of piperazine rings is 1. The second-order valence-electron chi connectivity index (χ2n) is 13.0. The van der Waals surface area contributed by atoms with Crippen molar-refractivity contribution in [3.63, 3.8) is 0 Å². The Hall–Kier alpha value is -1.16. The fraction of sp³-hybridized carbons (Fsp3) is 0.857. The van der Waals surface area contributed by atoms with Crippen molar-refractivity contribution in [3.8, 4) is 0 Å². The molecule has 1 aromatic rings. The highest BCUT2D eigenvalue weighted by Crippen LogP contribution is 2.39. The van der Waals surface area contributed by atoms with Crippen molar-refractivity contribution in [3.05, 3.63) is 23.7 Å². The molecule has 6 N–H and O–H groups in total. The number of rotatable bonds is 3. The summed E-state index contributed by atoms with van der Waals surface area (Å²) in [7, 11) is 4.30. The molecule has 12 heteroatoms. The molecule has 224 valence electrons. The molecule has 4 bridgehead atoms. The van der Waals surface area contributed by atoms with Crippen LogP contribution in [-0.4, -0.2) is 123 Å². The molecule has 6 fully saturated rings. The van der Waals surface area contributed by atoms with Gasteiger partial charge in [0, 0.05) is 70.2 Å². The van der Waals surface area contributed by atoms with Crippen molar-refractivity contribution in [1.29, 1.82) is 0 Å². The lowest BCUT2D eigenvalue weighted by Gasteiger charge is -2.43. The monoisotopic (exact) mass is 558 g/mol. The van der Waals surface area contributed by atoms with E-state index >= 15 is 0 Å². The van der Waals surface area contributed by atoms with Crippen LogP contribution in [0, 0.1) is 11.8 Å². The van der Waals surface area contributed by atoms with E-state index in [1.165, 1.54) is 0 Å². The van der Waals surface area contributed by atoms with Gasteiger partial charge in [-0.3, -0.25) is 21.0 Å². The lowest BCUT2D eigenvalue weighted by Crippen LogP contribution is -2.67. The van der Waals surface area contributed by atoms with Crippen molar-refractivity contribution in [2.45, 2.75) is 75.6 Å². The molecule has 12 nitrogen and oxygen atoms in total. The highest BCUT2D eigenvalue weighted by Gasteiger charge is 2.49. The molecule has 0 radical (unpaired) electrons.